The number of benzene rings is 3. The van der Waals surface area contributed by atoms with Crippen LogP contribution in [-0.2, 0) is 11.3 Å². The SMILES string of the molecule is Cc1ccc([C@H](CC(=O)NCc2ccc(F)cc2)c2c[nH]c3ccccc23)cc1. The molecule has 0 spiro atoms. The molecule has 1 amide bonds. The van der Waals surface area contributed by atoms with Crippen LogP contribution >= 0.6 is 0 Å². The molecule has 4 heteroatoms. The van der Waals surface area contributed by atoms with Gasteiger partial charge in [-0.1, -0.05) is 60.2 Å². The van der Waals surface area contributed by atoms with Crippen molar-refractivity contribution in [1.82, 2.24) is 10.3 Å². The fraction of sp³-hybridized carbons (Fsp3) is 0.160. The van der Waals surface area contributed by atoms with Crippen LogP contribution in [0.4, 0.5) is 4.39 Å². The Bertz CT molecular complexity index is 1110. The minimum atomic E-state index is -0.279. The molecule has 1 atom stereocenters. The van der Waals surface area contributed by atoms with Gasteiger partial charge in [-0.25, -0.2) is 4.39 Å². The van der Waals surface area contributed by atoms with Gasteiger partial charge in [-0.15, -0.1) is 0 Å². The average Bonchev–Trinajstić information content (AvgIpc) is 3.16. The molecule has 0 aliphatic heterocycles. The Hall–Kier alpha value is -3.40. The van der Waals surface area contributed by atoms with Crippen LogP contribution in [0.1, 0.15) is 34.6 Å². The molecule has 0 radical (unpaired) electrons. The standard InChI is InChI=1S/C25H23FN2O/c1-17-6-10-19(11-7-17)22(23-16-27-24-5-3-2-4-21(23)24)14-25(29)28-15-18-8-12-20(26)13-9-18/h2-13,16,22,27H,14-15H2,1H3,(H,28,29)/t22-/m0/s1. The van der Waals surface area contributed by atoms with Gasteiger partial charge in [-0.3, -0.25) is 4.79 Å². The van der Waals surface area contributed by atoms with E-state index < -0.39 is 0 Å². The van der Waals surface area contributed by atoms with E-state index in [2.05, 4.69) is 47.6 Å². The molecule has 3 aromatic carbocycles. The van der Waals surface area contributed by atoms with Crippen molar-refractivity contribution < 1.29 is 9.18 Å². The predicted octanol–water partition coefficient (Wildman–Crippen LogP) is 5.45. The van der Waals surface area contributed by atoms with E-state index in [1.165, 1.54) is 17.7 Å². The molecule has 0 aliphatic carbocycles. The number of hydrogen-bond donors (Lipinski definition) is 2. The molecule has 2 N–H and O–H groups in total. The van der Waals surface area contributed by atoms with Crippen molar-refractivity contribution >= 4 is 16.8 Å². The number of para-hydroxylation sites is 1. The summed E-state index contributed by atoms with van der Waals surface area (Å²) in [5, 5.41) is 4.10. The number of hydrogen-bond acceptors (Lipinski definition) is 1. The maximum absolute atomic E-state index is 13.1. The zero-order valence-electron chi connectivity index (χ0n) is 16.3. The molecule has 146 valence electrons. The molecule has 3 nitrogen and oxygen atoms in total. The van der Waals surface area contributed by atoms with Crippen molar-refractivity contribution in [3.63, 3.8) is 0 Å². The van der Waals surface area contributed by atoms with Crippen molar-refractivity contribution in [2.24, 2.45) is 0 Å². The molecule has 1 aromatic heterocycles. The molecule has 0 fully saturated rings. The van der Waals surface area contributed by atoms with Gasteiger partial charge < -0.3 is 10.3 Å². The van der Waals surface area contributed by atoms with Crippen molar-refractivity contribution in [1.29, 1.82) is 0 Å². The third-order valence-corrected chi connectivity index (χ3v) is 5.27. The van der Waals surface area contributed by atoms with Crippen LogP contribution in [0.25, 0.3) is 10.9 Å². The molecule has 0 unspecified atom stereocenters. The third-order valence-electron chi connectivity index (χ3n) is 5.27. The van der Waals surface area contributed by atoms with Crippen LogP contribution in [0.15, 0.2) is 79.0 Å². The molecule has 0 aliphatic rings. The Labute approximate surface area is 169 Å². The van der Waals surface area contributed by atoms with Gasteiger partial charge in [-0.2, -0.15) is 0 Å². The summed E-state index contributed by atoms with van der Waals surface area (Å²) in [6, 6.07) is 22.7. The second-order valence-electron chi connectivity index (χ2n) is 7.36. The number of halogens is 1. The second kappa shape index (κ2) is 8.31. The maximum Gasteiger partial charge on any atom is 0.221 e. The monoisotopic (exact) mass is 386 g/mol. The minimum absolute atomic E-state index is 0.0369. The number of nitrogens with one attached hydrogen (secondary N) is 2. The highest BCUT2D eigenvalue weighted by Gasteiger charge is 2.21. The molecule has 4 aromatic rings. The summed E-state index contributed by atoms with van der Waals surface area (Å²) in [4.78, 5) is 16.1. The number of carbonyl (C=O) groups is 1. The summed E-state index contributed by atoms with van der Waals surface area (Å²) in [5.74, 6) is -0.371. The number of carbonyl (C=O) groups excluding carboxylic acids is 1. The smallest absolute Gasteiger partial charge is 0.221 e. The van der Waals surface area contributed by atoms with Crippen molar-refractivity contribution in [3.8, 4) is 0 Å². The molecule has 0 saturated carbocycles. The fourth-order valence-electron chi connectivity index (χ4n) is 3.65. The van der Waals surface area contributed by atoms with Crippen molar-refractivity contribution in [2.75, 3.05) is 0 Å². The van der Waals surface area contributed by atoms with Crippen LogP contribution in [0.3, 0.4) is 0 Å². The lowest BCUT2D eigenvalue weighted by Crippen LogP contribution is -2.25. The molecule has 0 bridgehead atoms. The Morgan fingerprint density at radius 1 is 1.00 bits per heavy atom. The van der Waals surface area contributed by atoms with Gasteiger partial charge in [-0.05, 0) is 41.8 Å². The average molecular weight is 386 g/mol. The molecular weight excluding hydrogens is 363 g/mol. The number of rotatable bonds is 6. The van der Waals surface area contributed by atoms with Gasteiger partial charge in [0.1, 0.15) is 5.82 Å². The minimum Gasteiger partial charge on any atom is -0.361 e. The van der Waals surface area contributed by atoms with Crippen LogP contribution in [0.2, 0.25) is 0 Å². The number of aromatic amines is 1. The highest BCUT2D eigenvalue weighted by Crippen LogP contribution is 2.33. The molecule has 1 heterocycles. The molecule has 4 rings (SSSR count). The summed E-state index contributed by atoms with van der Waals surface area (Å²) < 4.78 is 13.1. The first-order valence-electron chi connectivity index (χ1n) is 9.74. The summed E-state index contributed by atoms with van der Waals surface area (Å²) >= 11 is 0. The van der Waals surface area contributed by atoms with Gasteiger partial charge in [0, 0.05) is 36.0 Å². The highest BCUT2D eigenvalue weighted by molar-refractivity contribution is 5.86. The lowest BCUT2D eigenvalue weighted by Gasteiger charge is -2.17. The Kier molecular flexibility index (Phi) is 5.43. The van der Waals surface area contributed by atoms with E-state index in [1.807, 2.05) is 24.4 Å². The number of aryl methyl sites for hydroxylation is 1. The van der Waals surface area contributed by atoms with Gasteiger partial charge >= 0.3 is 0 Å². The van der Waals surface area contributed by atoms with Gasteiger partial charge in [0.25, 0.3) is 0 Å². The Morgan fingerprint density at radius 2 is 1.72 bits per heavy atom. The van der Waals surface area contributed by atoms with E-state index in [4.69, 9.17) is 0 Å². The highest BCUT2D eigenvalue weighted by atomic mass is 19.1. The first-order valence-corrected chi connectivity index (χ1v) is 9.74. The maximum atomic E-state index is 13.1. The Morgan fingerprint density at radius 3 is 2.48 bits per heavy atom. The normalized spacial score (nSPS) is 12.1. The third kappa shape index (κ3) is 4.37. The quantitative estimate of drug-likeness (QED) is 0.454. The number of H-pyrrole nitrogens is 1. The second-order valence-corrected chi connectivity index (χ2v) is 7.36. The van der Waals surface area contributed by atoms with E-state index in [-0.39, 0.29) is 17.6 Å². The number of amides is 1. The van der Waals surface area contributed by atoms with Crippen molar-refractivity contribution in [2.45, 2.75) is 25.8 Å². The number of aromatic nitrogens is 1. The van der Waals surface area contributed by atoms with E-state index in [0.29, 0.717) is 13.0 Å². The Balaban J connectivity index is 1.57. The van der Waals surface area contributed by atoms with E-state index in [0.717, 1.165) is 27.6 Å². The van der Waals surface area contributed by atoms with Crippen LogP contribution in [-0.4, -0.2) is 10.9 Å². The number of fused-ring (bicyclic) bond motifs is 1. The van der Waals surface area contributed by atoms with Crippen LogP contribution in [0.5, 0.6) is 0 Å². The van der Waals surface area contributed by atoms with Crippen LogP contribution < -0.4 is 5.32 Å². The fourth-order valence-corrected chi connectivity index (χ4v) is 3.65. The summed E-state index contributed by atoms with van der Waals surface area (Å²) in [6.07, 6.45) is 2.34. The predicted molar refractivity (Wildman–Crippen MR) is 114 cm³/mol. The summed E-state index contributed by atoms with van der Waals surface area (Å²) in [6.45, 7) is 2.44. The van der Waals surface area contributed by atoms with E-state index >= 15 is 0 Å². The summed E-state index contributed by atoms with van der Waals surface area (Å²) in [7, 11) is 0. The van der Waals surface area contributed by atoms with Crippen molar-refractivity contribution in [3.05, 3.63) is 107 Å². The first kappa shape index (κ1) is 18.9. The topological polar surface area (TPSA) is 44.9 Å². The zero-order valence-corrected chi connectivity index (χ0v) is 16.3. The molecule has 0 saturated heterocycles. The van der Waals surface area contributed by atoms with Gasteiger partial charge in [0.15, 0.2) is 0 Å². The lowest BCUT2D eigenvalue weighted by molar-refractivity contribution is -0.121. The lowest BCUT2D eigenvalue weighted by atomic mass is 9.87. The molecule has 29 heavy (non-hydrogen) atoms. The van der Waals surface area contributed by atoms with Crippen LogP contribution in [0, 0.1) is 12.7 Å². The molecular formula is C25H23FN2O. The van der Waals surface area contributed by atoms with Gasteiger partial charge in [0.2, 0.25) is 5.91 Å². The van der Waals surface area contributed by atoms with E-state index in [9.17, 15) is 9.18 Å². The largest absolute Gasteiger partial charge is 0.361 e. The first-order chi connectivity index (χ1) is 14.1. The van der Waals surface area contributed by atoms with Gasteiger partial charge in [0.05, 0.1) is 0 Å². The summed E-state index contributed by atoms with van der Waals surface area (Å²) in [5.41, 5.74) is 5.34. The zero-order chi connectivity index (χ0) is 20.2. The van der Waals surface area contributed by atoms with E-state index in [1.54, 1.807) is 12.1 Å².